The lowest BCUT2D eigenvalue weighted by molar-refractivity contribution is 0.174. The van der Waals surface area contributed by atoms with Gasteiger partial charge in [0.25, 0.3) is 0 Å². The average molecular weight is 304 g/mol. The number of para-hydroxylation sites is 1. The first-order valence-corrected chi connectivity index (χ1v) is 7.16. The lowest BCUT2D eigenvalue weighted by Crippen LogP contribution is -2.30. The molecule has 0 bridgehead atoms. The van der Waals surface area contributed by atoms with Gasteiger partial charge in [0.05, 0.1) is 0 Å². The van der Waals surface area contributed by atoms with E-state index < -0.39 is 0 Å². The maximum atomic E-state index is 11.9. The van der Waals surface area contributed by atoms with Crippen LogP contribution in [0.5, 0.6) is 0 Å². The summed E-state index contributed by atoms with van der Waals surface area (Å²) in [5, 5.41) is 9.35. The molecule has 2 aromatic rings. The SMILES string of the molecule is CCc1ccccc1NC(=O)NCCc1nc(COC)no1. The molecule has 2 rings (SSSR count). The highest BCUT2D eigenvalue weighted by Crippen LogP contribution is 2.14. The van der Waals surface area contributed by atoms with Gasteiger partial charge in [0.2, 0.25) is 5.89 Å². The largest absolute Gasteiger partial charge is 0.377 e. The Hall–Kier alpha value is -2.41. The topological polar surface area (TPSA) is 89.3 Å². The Morgan fingerprint density at radius 2 is 2.18 bits per heavy atom. The van der Waals surface area contributed by atoms with Crippen molar-refractivity contribution < 1.29 is 14.1 Å². The number of benzene rings is 1. The van der Waals surface area contributed by atoms with Gasteiger partial charge in [-0.15, -0.1) is 0 Å². The zero-order chi connectivity index (χ0) is 15.8. The lowest BCUT2D eigenvalue weighted by Gasteiger charge is -2.10. The Bertz CT molecular complexity index is 612. The summed E-state index contributed by atoms with van der Waals surface area (Å²) >= 11 is 0. The third-order valence-corrected chi connectivity index (χ3v) is 3.05. The van der Waals surface area contributed by atoms with Crippen molar-refractivity contribution in [1.29, 1.82) is 0 Å². The summed E-state index contributed by atoms with van der Waals surface area (Å²) in [7, 11) is 1.57. The van der Waals surface area contributed by atoms with Crippen LogP contribution in [0.2, 0.25) is 0 Å². The van der Waals surface area contributed by atoms with Crippen LogP contribution in [0.4, 0.5) is 10.5 Å². The van der Waals surface area contributed by atoms with E-state index in [-0.39, 0.29) is 6.03 Å². The zero-order valence-electron chi connectivity index (χ0n) is 12.8. The number of carbonyl (C=O) groups excluding carboxylic acids is 1. The molecule has 0 saturated heterocycles. The predicted octanol–water partition coefficient (Wildman–Crippen LogP) is 2.14. The molecule has 0 fully saturated rings. The van der Waals surface area contributed by atoms with Crippen molar-refractivity contribution in [3.05, 3.63) is 41.5 Å². The molecule has 1 aromatic carbocycles. The second-order valence-electron chi connectivity index (χ2n) is 4.68. The number of anilines is 1. The number of methoxy groups -OCH3 is 1. The third kappa shape index (κ3) is 4.56. The molecule has 1 aromatic heterocycles. The number of urea groups is 1. The van der Waals surface area contributed by atoms with Crippen LogP contribution >= 0.6 is 0 Å². The van der Waals surface area contributed by atoms with E-state index in [0.717, 1.165) is 17.7 Å². The third-order valence-electron chi connectivity index (χ3n) is 3.05. The van der Waals surface area contributed by atoms with Crippen LogP contribution in [0.25, 0.3) is 0 Å². The fourth-order valence-corrected chi connectivity index (χ4v) is 1.98. The van der Waals surface area contributed by atoms with E-state index in [9.17, 15) is 4.79 Å². The minimum Gasteiger partial charge on any atom is -0.377 e. The normalized spacial score (nSPS) is 10.5. The van der Waals surface area contributed by atoms with Crippen LogP contribution in [-0.2, 0) is 24.2 Å². The van der Waals surface area contributed by atoms with Crippen molar-refractivity contribution in [2.75, 3.05) is 19.0 Å². The average Bonchev–Trinajstić information content (AvgIpc) is 2.96. The van der Waals surface area contributed by atoms with Gasteiger partial charge in [0.1, 0.15) is 6.61 Å². The summed E-state index contributed by atoms with van der Waals surface area (Å²) in [6.45, 7) is 2.77. The van der Waals surface area contributed by atoms with Gasteiger partial charge in [-0.2, -0.15) is 4.98 Å². The van der Waals surface area contributed by atoms with Crippen molar-refractivity contribution in [3.63, 3.8) is 0 Å². The van der Waals surface area contributed by atoms with Crippen molar-refractivity contribution in [2.45, 2.75) is 26.4 Å². The number of aryl methyl sites for hydroxylation is 1. The maximum Gasteiger partial charge on any atom is 0.319 e. The van der Waals surface area contributed by atoms with Gasteiger partial charge in [0.15, 0.2) is 5.82 Å². The summed E-state index contributed by atoms with van der Waals surface area (Å²) in [5.74, 6) is 0.972. The number of hydrogen-bond donors (Lipinski definition) is 2. The van der Waals surface area contributed by atoms with Crippen LogP contribution in [0, 0.1) is 0 Å². The Morgan fingerprint density at radius 3 is 2.95 bits per heavy atom. The van der Waals surface area contributed by atoms with Gasteiger partial charge in [-0.05, 0) is 18.1 Å². The molecule has 0 saturated carbocycles. The van der Waals surface area contributed by atoms with E-state index in [0.29, 0.717) is 31.3 Å². The summed E-state index contributed by atoms with van der Waals surface area (Å²) in [6.07, 6.45) is 1.33. The van der Waals surface area contributed by atoms with Gasteiger partial charge >= 0.3 is 6.03 Å². The number of hydrogen-bond acceptors (Lipinski definition) is 5. The van der Waals surface area contributed by atoms with Crippen molar-refractivity contribution in [2.24, 2.45) is 0 Å². The second kappa shape index (κ2) is 8.14. The second-order valence-corrected chi connectivity index (χ2v) is 4.68. The number of nitrogens with one attached hydrogen (secondary N) is 2. The molecular formula is C15H20N4O3. The Morgan fingerprint density at radius 1 is 1.36 bits per heavy atom. The van der Waals surface area contributed by atoms with E-state index in [4.69, 9.17) is 9.26 Å². The van der Waals surface area contributed by atoms with E-state index in [1.807, 2.05) is 31.2 Å². The summed E-state index contributed by atoms with van der Waals surface area (Å²) in [5.41, 5.74) is 1.92. The van der Waals surface area contributed by atoms with Gasteiger partial charge in [0, 0.05) is 25.8 Å². The van der Waals surface area contributed by atoms with Gasteiger partial charge in [-0.25, -0.2) is 4.79 Å². The molecule has 0 spiro atoms. The molecule has 0 aliphatic heterocycles. The maximum absolute atomic E-state index is 11.9. The predicted molar refractivity (Wildman–Crippen MR) is 81.6 cm³/mol. The number of nitrogens with zero attached hydrogens (tertiary/aromatic N) is 2. The molecule has 0 aliphatic carbocycles. The molecule has 118 valence electrons. The molecular weight excluding hydrogens is 284 g/mol. The molecule has 0 aliphatic rings. The molecule has 22 heavy (non-hydrogen) atoms. The van der Waals surface area contributed by atoms with E-state index in [1.165, 1.54) is 0 Å². The van der Waals surface area contributed by atoms with Crippen LogP contribution < -0.4 is 10.6 Å². The molecule has 7 nitrogen and oxygen atoms in total. The van der Waals surface area contributed by atoms with Gasteiger partial charge in [-0.3, -0.25) is 0 Å². The monoisotopic (exact) mass is 304 g/mol. The molecule has 0 atom stereocenters. The number of aromatic nitrogens is 2. The van der Waals surface area contributed by atoms with Crippen molar-refractivity contribution >= 4 is 11.7 Å². The van der Waals surface area contributed by atoms with E-state index in [1.54, 1.807) is 7.11 Å². The molecule has 1 heterocycles. The fraction of sp³-hybridized carbons (Fsp3) is 0.400. The summed E-state index contributed by atoms with van der Waals surface area (Å²) in [4.78, 5) is 16.0. The first kappa shape index (κ1) is 16.0. The highest BCUT2D eigenvalue weighted by atomic mass is 16.5. The number of ether oxygens (including phenoxy) is 1. The minimum atomic E-state index is -0.252. The lowest BCUT2D eigenvalue weighted by atomic mass is 10.1. The number of amides is 2. The summed E-state index contributed by atoms with van der Waals surface area (Å²) < 4.78 is 9.95. The fourth-order valence-electron chi connectivity index (χ4n) is 1.98. The van der Waals surface area contributed by atoms with Gasteiger partial charge in [-0.1, -0.05) is 30.3 Å². The van der Waals surface area contributed by atoms with Crippen molar-refractivity contribution in [1.82, 2.24) is 15.5 Å². The first-order chi connectivity index (χ1) is 10.7. The highest BCUT2D eigenvalue weighted by molar-refractivity contribution is 5.90. The van der Waals surface area contributed by atoms with Crippen LogP contribution in [0.15, 0.2) is 28.8 Å². The Kier molecular flexibility index (Phi) is 5.91. The molecule has 7 heteroatoms. The van der Waals surface area contributed by atoms with Crippen LogP contribution in [0.1, 0.15) is 24.2 Å². The molecule has 2 N–H and O–H groups in total. The Labute approximate surface area is 129 Å². The molecule has 0 unspecified atom stereocenters. The highest BCUT2D eigenvalue weighted by Gasteiger charge is 2.08. The smallest absolute Gasteiger partial charge is 0.319 e. The van der Waals surface area contributed by atoms with E-state index >= 15 is 0 Å². The number of rotatable bonds is 7. The van der Waals surface area contributed by atoms with E-state index in [2.05, 4.69) is 20.8 Å². The number of carbonyl (C=O) groups is 1. The Balaban J connectivity index is 1.77. The standard InChI is InChI=1S/C15H20N4O3/c1-3-11-6-4-5-7-12(11)17-15(20)16-9-8-14-18-13(10-21-2)19-22-14/h4-7H,3,8-10H2,1-2H3,(H2,16,17,20). The quantitative estimate of drug-likeness (QED) is 0.818. The molecule has 2 amide bonds. The zero-order valence-corrected chi connectivity index (χ0v) is 12.8. The van der Waals surface area contributed by atoms with Gasteiger partial charge < -0.3 is 19.9 Å². The van der Waals surface area contributed by atoms with Crippen LogP contribution in [0.3, 0.4) is 0 Å². The first-order valence-electron chi connectivity index (χ1n) is 7.16. The minimum absolute atomic E-state index is 0.252. The van der Waals surface area contributed by atoms with Crippen molar-refractivity contribution in [3.8, 4) is 0 Å². The summed E-state index contributed by atoms with van der Waals surface area (Å²) in [6, 6.07) is 7.47. The molecule has 0 radical (unpaired) electrons. The van der Waals surface area contributed by atoms with Crippen LogP contribution in [-0.4, -0.2) is 29.8 Å².